The van der Waals surface area contributed by atoms with Gasteiger partial charge >= 0.3 is 0 Å². The first-order valence-electron chi connectivity index (χ1n) is 3.32. The average molecular weight is 272 g/mol. The molecule has 0 amide bonds. The van der Waals surface area contributed by atoms with Crippen LogP contribution in [-0.2, 0) is 5.88 Å². The fourth-order valence-corrected chi connectivity index (χ4v) is 1.56. The van der Waals surface area contributed by atoms with E-state index in [1.54, 1.807) is 0 Å². The van der Waals surface area contributed by atoms with E-state index in [0.717, 1.165) is 0 Å². The smallest absolute Gasteiger partial charge is 0.279 e. The Labute approximate surface area is 86.0 Å². The highest BCUT2D eigenvalue weighted by atomic mass is 79.9. The van der Waals surface area contributed by atoms with Crippen LogP contribution in [0.5, 0.6) is 0 Å². The molecule has 0 aliphatic heterocycles. The molecule has 0 spiro atoms. The molecule has 0 aromatic carbocycles. The van der Waals surface area contributed by atoms with E-state index >= 15 is 0 Å². The van der Waals surface area contributed by atoms with E-state index < -0.39 is 17.5 Å². The van der Waals surface area contributed by atoms with Crippen LogP contribution in [0.1, 0.15) is 17.7 Å². The molecule has 0 unspecified atom stereocenters. The summed E-state index contributed by atoms with van der Waals surface area (Å²) in [6.45, 7) is 0. The van der Waals surface area contributed by atoms with Crippen LogP contribution < -0.4 is 5.43 Å². The van der Waals surface area contributed by atoms with Gasteiger partial charge in [0.2, 0.25) is 5.43 Å². The van der Waals surface area contributed by atoms with Crippen molar-refractivity contribution in [3.63, 3.8) is 0 Å². The summed E-state index contributed by atoms with van der Waals surface area (Å²) in [6.07, 6.45) is -1.51. The van der Waals surface area contributed by atoms with E-state index in [1.807, 2.05) is 0 Å². The number of H-pyrrole nitrogens is 1. The Bertz CT molecular complexity index is 366. The molecule has 0 atom stereocenters. The van der Waals surface area contributed by atoms with Gasteiger partial charge in [0.05, 0.1) is 10.4 Å². The van der Waals surface area contributed by atoms with Gasteiger partial charge in [0.1, 0.15) is 5.69 Å². The van der Waals surface area contributed by atoms with Crippen LogP contribution in [-0.4, -0.2) is 4.98 Å². The van der Waals surface area contributed by atoms with Crippen molar-refractivity contribution >= 4 is 27.5 Å². The van der Waals surface area contributed by atoms with Crippen LogP contribution in [0, 0.1) is 0 Å². The Morgan fingerprint density at radius 1 is 1.62 bits per heavy atom. The number of aromatic nitrogens is 1. The lowest BCUT2D eigenvalue weighted by Crippen LogP contribution is -2.12. The molecule has 0 aliphatic rings. The third-order valence-corrected chi connectivity index (χ3v) is 2.57. The molecule has 72 valence electrons. The molecular weight excluding hydrogens is 267 g/mol. The van der Waals surface area contributed by atoms with Crippen molar-refractivity contribution in [1.29, 1.82) is 0 Å². The molecule has 1 heterocycles. The lowest BCUT2D eigenvalue weighted by atomic mass is 10.2. The van der Waals surface area contributed by atoms with Crippen LogP contribution in [0.25, 0.3) is 0 Å². The Kier molecular flexibility index (Phi) is 3.44. The number of halogens is 4. The Balaban J connectivity index is 3.32. The molecule has 0 saturated heterocycles. The van der Waals surface area contributed by atoms with Crippen LogP contribution >= 0.6 is 27.5 Å². The lowest BCUT2D eigenvalue weighted by molar-refractivity contribution is 0.145. The average Bonchev–Trinajstić information content (AvgIpc) is 2.09. The normalized spacial score (nSPS) is 10.8. The molecule has 0 saturated carbocycles. The summed E-state index contributed by atoms with van der Waals surface area (Å²) in [6, 6.07) is 0. The summed E-state index contributed by atoms with van der Waals surface area (Å²) in [5.41, 5.74) is -0.652. The number of rotatable bonds is 2. The first kappa shape index (κ1) is 10.7. The lowest BCUT2D eigenvalue weighted by Gasteiger charge is -2.03. The number of hydrogen-bond donors (Lipinski definition) is 1. The summed E-state index contributed by atoms with van der Waals surface area (Å²) in [7, 11) is 0. The van der Waals surface area contributed by atoms with Crippen LogP contribution in [0.15, 0.2) is 15.5 Å². The van der Waals surface area contributed by atoms with Gasteiger partial charge in [-0.05, 0) is 15.9 Å². The predicted molar refractivity (Wildman–Crippen MR) is 49.3 cm³/mol. The highest BCUT2D eigenvalue weighted by molar-refractivity contribution is 9.10. The summed E-state index contributed by atoms with van der Waals surface area (Å²) in [4.78, 5) is 13.6. The SMILES string of the molecule is O=c1c(CCl)c[nH]c(C(F)F)c1Br. The van der Waals surface area contributed by atoms with E-state index in [9.17, 15) is 13.6 Å². The highest BCUT2D eigenvalue weighted by Gasteiger charge is 2.15. The minimum Gasteiger partial charge on any atom is -0.359 e. The third kappa shape index (κ3) is 2.08. The van der Waals surface area contributed by atoms with Gasteiger partial charge in [-0.25, -0.2) is 8.78 Å². The van der Waals surface area contributed by atoms with E-state index in [2.05, 4.69) is 20.9 Å². The zero-order valence-electron chi connectivity index (χ0n) is 6.28. The summed E-state index contributed by atoms with van der Waals surface area (Å²) < 4.78 is 24.3. The quantitative estimate of drug-likeness (QED) is 0.825. The van der Waals surface area contributed by atoms with E-state index in [0.29, 0.717) is 0 Å². The molecule has 1 aromatic rings. The maximum absolute atomic E-state index is 12.2. The van der Waals surface area contributed by atoms with Crippen LogP contribution in [0.4, 0.5) is 8.78 Å². The predicted octanol–water partition coefficient (Wildman–Crippen LogP) is 2.81. The molecule has 13 heavy (non-hydrogen) atoms. The van der Waals surface area contributed by atoms with Gasteiger partial charge in [-0.3, -0.25) is 4.79 Å². The van der Waals surface area contributed by atoms with Gasteiger partial charge in [-0.2, -0.15) is 0 Å². The second-order valence-corrected chi connectivity index (χ2v) is 3.37. The van der Waals surface area contributed by atoms with Gasteiger partial charge in [0, 0.05) is 11.8 Å². The van der Waals surface area contributed by atoms with Gasteiger partial charge < -0.3 is 4.98 Å². The number of aromatic amines is 1. The monoisotopic (exact) mass is 271 g/mol. The summed E-state index contributed by atoms with van der Waals surface area (Å²) in [5.74, 6) is -0.00253. The first-order chi connectivity index (χ1) is 6.07. The van der Waals surface area contributed by atoms with Gasteiger partial charge in [-0.1, -0.05) is 0 Å². The Morgan fingerprint density at radius 2 is 2.23 bits per heavy atom. The number of hydrogen-bond acceptors (Lipinski definition) is 1. The first-order valence-corrected chi connectivity index (χ1v) is 4.64. The van der Waals surface area contributed by atoms with Crippen molar-refractivity contribution in [2.24, 2.45) is 0 Å². The minimum absolute atomic E-state index is 0.00253. The van der Waals surface area contributed by atoms with Crippen molar-refractivity contribution < 1.29 is 8.78 Å². The van der Waals surface area contributed by atoms with Crippen LogP contribution in [0.2, 0.25) is 0 Å². The molecule has 1 N–H and O–H groups in total. The number of nitrogens with one attached hydrogen (secondary N) is 1. The zero-order chi connectivity index (χ0) is 10.0. The highest BCUT2D eigenvalue weighted by Crippen LogP contribution is 2.22. The Hall–Kier alpha value is -0.420. The van der Waals surface area contributed by atoms with Crippen molar-refractivity contribution in [3.8, 4) is 0 Å². The molecule has 2 nitrogen and oxygen atoms in total. The second-order valence-electron chi connectivity index (χ2n) is 2.31. The Morgan fingerprint density at radius 3 is 2.69 bits per heavy atom. The van der Waals surface area contributed by atoms with Crippen molar-refractivity contribution in [3.05, 3.63) is 32.2 Å². The van der Waals surface area contributed by atoms with E-state index in [4.69, 9.17) is 11.6 Å². The van der Waals surface area contributed by atoms with Gasteiger partial charge in [0.15, 0.2) is 0 Å². The topological polar surface area (TPSA) is 32.9 Å². The molecule has 6 heteroatoms. The van der Waals surface area contributed by atoms with Crippen molar-refractivity contribution in [2.75, 3.05) is 0 Å². The molecule has 1 rings (SSSR count). The fourth-order valence-electron chi connectivity index (χ4n) is 0.815. The van der Waals surface area contributed by atoms with Crippen molar-refractivity contribution in [1.82, 2.24) is 4.98 Å². The molecule has 0 radical (unpaired) electrons. The fraction of sp³-hybridized carbons (Fsp3) is 0.286. The largest absolute Gasteiger partial charge is 0.359 e. The summed E-state index contributed by atoms with van der Waals surface area (Å²) >= 11 is 8.20. The molecule has 0 bridgehead atoms. The summed E-state index contributed by atoms with van der Waals surface area (Å²) in [5, 5.41) is 0. The maximum atomic E-state index is 12.2. The van der Waals surface area contributed by atoms with E-state index in [-0.39, 0.29) is 15.9 Å². The molecule has 1 aromatic heterocycles. The molecule has 0 aliphatic carbocycles. The second kappa shape index (κ2) is 4.19. The zero-order valence-corrected chi connectivity index (χ0v) is 8.62. The molecular formula is C7H5BrClF2NO. The number of pyridine rings is 1. The van der Waals surface area contributed by atoms with Crippen molar-refractivity contribution in [2.45, 2.75) is 12.3 Å². The van der Waals surface area contributed by atoms with Crippen LogP contribution in [0.3, 0.4) is 0 Å². The van der Waals surface area contributed by atoms with E-state index in [1.165, 1.54) is 6.20 Å². The van der Waals surface area contributed by atoms with Gasteiger partial charge in [0.25, 0.3) is 6.43 Å². The third-order valence-electron chi connectivity index (χ3n) is 1.49. The number of alkyl halides is 3. The molecule has 0 fully saturated rings. The standard InChI is InChI=1S/C7H5BrClF2NO/c8-4-5(7(10)11)12-2-3(1-9)6(4)13/h2,7H,1H2,(H,12,13). The maximum Gasteiger partial charge on any atom is 0.279 e. The minimum atomic E-state index is -2.70. The van der Waals surface area contributed by atoms with Gasteiger partial charge in [-0.15, -0.1) is 11.6 Å².